The molecule has 2 aromatic heterocycles. The van der Waals surface area contributed by atoms with Gasteiger partial charge in [-0.1, -0.05) is 6.07 Å². The van der Waals surface area contributed by atoms with Gasteiger partial charge in [0.15, 0.2) is 5.65 Å². The molecule has 3 nitrogen and oxygen atoms in total. The molecule has 20 heavy (non-hydrogen) atoms. The van der Waals surface area contributed by atoms with Gasteiger partial charge < -0.3 is 0 Å². The Morgan fingerprint density at radius 1 is 1.30 bits per heavy atom. The molecule has 0 atom stereocenters. The Kier molecular flexibility index (Phi) is 3.40. The molecule has 0 N–H and O–H groups in total. The molecular weight excluding hydrogens is 277 g/mol. The topological polar surface area (TPSA) is 30.7 Å². The summed E-state index contributed by atoms with van der Waals surface area (Å²) in [6, 6.07) is 8.68. The number of hydrogen-bond acceptors (Lipinski definition) is 2. The second kappa shape index (κ2) is 5.21. The zero-order valence-electron chi connectivity index (χ0n) is 11.0. The van der Waals surface area contributed by atoms with E-state index in [1.54, 1.807) is 22.9 Å². The van der Waals surface area contributed by atoms with Gasteiger partial charge in [0.05, 0.1) is 5.69 Å². The van der Waals surface area contributed by atoms with Gasteiger partial charge in [0, 0.05) is 18.5 Å². The molecule has 3 rings (SSSR count). The van der Waals surface area contributed by atoms with Crippen molar-refractivity contribution in [1.29, 1.82) is 0 Å². The van der Waals surface area contributed by atoms with Gasteiger partial charge in [-0.15, -0.1) is 11.6 Å². The summed E-state index contributed by atoms with van der Waals surface area (Å²) in [4.78, 5) is 8.82. The molecule has 0 saturated carbocycles. The van der Waals surface area contributed by atoms with Crippen LogP contribution in [0, 0.1) is 12.7 Å². The van der Waals surface area contributed by atoms with E-state index in [1.807, 2.05) is 19.1 Å². The SMILES string of the molecule is Cc1ccc(F)c(-n2c(CCCl)nc3cccnc32)c1. The highest BCUT2D eigenvalue weighted by Gasteiger charge is 2.15. The predicted molar refractivity (Wildman–Crippen MR) is 78.0 cm³/mol. The van der Waals surface area contributed by atoms with Crippen molar-refractivity contribution in [3.05, 3.63) is 53.7 Å². The minimum Gasteiger partial charge on any atom is -0.278 e. The van der Waals surface area contributed by atoms with Gasteiger partial charge in [0.25, 0.3) is 0 Å². The maximum Gasteiger partial charge on any atom is 0.164 e. The van der Waals surface area contributed by atoms with Crippen LogP contribution in [0.25, 0.3) is 16.9 Å². The molecule has 0 saturated heterocycles. The normalized spacial score (nSPS) is 11.2. The highest BCUT2D eigenvalue weighted by atomic mass is 35.5. The summed E-state index contributed by atoms with van der Waals surface area (Å²) in [6.07, 6.45) is 2.24. The maximum atomic E-state index is 14.2. The number of fused-ring (bicyclic) bond motifs is 1. The van der Waals surface area contributed by atoms with Gasteiger partial charge in [-0.05, 0) is 36.8 Å². The van der Waals surface area contributed by atoms with E-state index in [4.69, 9.17) is 11.6 Å². The summed E-state index contributed by atoms with van der Waals surface area (Å²) in [6.45, 7) is 1.93. The summed E-state index contributed by atoms with van der Waals surface area (Å²) in [7, 11) is 0. The van der Waals surface area contributed by atoms with E-state index in [-0.39, 0.29) is 5.82 Å². The summed E-state index contributed by atoms with van der Waals surface area (Å²) in [5, 5.41) is 0. The van der Waals surface area contributed by atoms with Gasteiger partial charge in [0.1, 0.15) is 17.2 Å². The Hall–Kier alpha value is -1.94. The number of nitrogens with zero attached hydrogens (tertiary/aromatic N) is 3. The fraction of sp³-hybridized carbons (Fsp3) is 0.200. The molecule has 5 heteroatoms. The Morgan fingerprint density at radius 2 is 2.15 bits per heavy atom. The first-order chi connectivity index (χ1) is 9.70. The zero-order chi connectivity index (χ0) is 14.1. The van der Waals surface area contributed by atoms with Crippen molar-refractivity contribution < 1.29 is 4.39 Å². The highest BCUT2D eigenvalue weighted by Crippen LogP contribution is 2.23. The highest BCUT2D eigenvalue weighted by molar-refractivity contribution is 6.17. The lowest BCUT2D eigenvalue weighted by molar-refractivity contribution is 0.616. The van der Waals surface area contributed by atoms with Crippen molar-refractivity contribution in [3.8, 4) is 5.69 Å². The second-order valence-corrected chi connectivity index (χ2v) is 4.98. The van der Waals surface area contributed by atoms with E-state index in [0.29, 0.717) is 23.6 Å². The van der Waals surface area contributed by atoms with Crippen LogP contribution in [0.3, 0.4) is 0 Å². The lowest BCUT2D eigenvalue weighted by Gasteiger charge is -2.10. The molecular formula is C15H13ClFN3. The van der Waals surface area contributed by atoms with Gasteiger partial charge in [-0.3, -0.25) is 4.57 Å². The van der Waals surface area contributed by atoms with E-state index in [0.717, 1.165) is 16.9 Å². The fourth-order valence-corrected chi connectivity index (χ4v) is 2.43. The van der Waals surface area contributed by atoms with Crippen molar-refractivity contribution in [2.45, 2.75) is 13.3 Å². The molecule has 1 aromatic carbocycles. The molecule has 0 radical (unpaired) electrons. The van der Waals surface area contributed by atoms with Crippen LogP contribution < -0.4 is 0 Å². The molecule has 0 amide bonds. The molecule has 0 unspecified atom stereocenters. The van der Waals surface area contributed by atoms with Crippen LogP contribution >= 0.6 is 11.6 Å². The molecule has 0 spiro atoms. The number of pyridine rings is 1. The summed E-state index contributed by atoms with van der Waals surface area (Å²) < 4.78 is 15.9. The van der Waals surface area contributed by atoms with E-state index in [1.165, 1.54) is 6.07 Å². The van der Waals surface area contributed by atoms with Gasteiger partial charge in [-0.25, -0.2) is 14.4 Å². The predicted octanol–water partition coefficient (Wildman–Crippen LogP) is 3.65. The Balaban J connectivity index is 2.33. The maximum absolute atomic E-state index is 14.2. The number of imidazole rings is 1. The zero-order valence-corrected chi connectivity index (χ0v) is 11.7. The number of rotatable bonds is 3. The molecule has 0 aliphatic carbocycles. The van der Waals surface area contributed by atoms with Crippen LogP contribution in [0.15, 0.2) is 36.5 Å². The lowest BCUT2D eigenvalue weighted by Crippen LogP contribution is -2.05. The van der Waals surface area contributed by atoms with Crippen LogP contribution in [0.1, 0.15) is 11.4 Å². The van der Waals surface area contributed by atoms with Crippen molar-refractivity contribution in [1.82, 2.24) is 14.5 Å². The lowest BCUT2D eigenvalue weighted by atomic mass is 10.2. The summed E-state index contributed by atoms with van der Waals surface area (Å²) in [5.74, 6) is 0.853. The number of hydrogen-bond donors (Lipinski definition) is 0. The number of halogens is 2. The number of benzene rings is 1. The third-order valence-electron chi connectivity index (χ3n) is 3.15. The average molecular weight is 290 g/mol. The van der Waals surface area contributed by atoms with Crippen LogP contribution in [0.4, 0.5) is 4.39 Å². The number of aryl methyl sites for hydroxylation is 2. The van der Waals surface area contributed by atoms with E-state index in [2.05, 4.69) is 9.97 Å². The minimum atomic E-state index is -0.295. The first-order valence-electron chi connectivity index (χ1n) is 6.35. The quantitative estimate of drug-likeness (QED) is 0.689. The van der Waals surface area contributed by atoms with Crippen molar-refractivity contribution >= 4 is 22.8 Å². The standard InChI is InChI=1S/C15H13ClFN3/c1-10-4-5-11(17)13(9-10)20-14(6-7-16)19-12-3-2-8-18-15(12)20/h2-5,8-9H,6-7H2,1H3. The Labute approximate surface area is 121 Å². The molecule has 3 aromatic rings. The van der Waals surface area contributed by atoms with Crippen LogP contribution in [-0.4, -0.2) is 20.4 Å². The Bertz CT molecular complexity index is 767. The first kappa shape index (κ1) is 13.1. The minimum absolute atomic E-state index is 0.295. The van der Waals surface area contributed by atoms with Crippen molar-refractivity contribution in [2.75, 3.05) is 5.88 Å². The molecule has 102 valence electrons. The molecule has 0 aliphatic heterocycles. The first-order valence-corrected chi connectivity index (χ1v) is 6.89. The monoisotopic (exact) mass is 289 g/mol. The second-order valence-electron chi connectivity index (χ2n) is 4.60. The number of alkyl halides is 1. The fourth-order valence-electron chi connectivity index (χ4n) is 2.26. The third-order valence-corrected chi connectivity index (χ3v) is 3.34. The largest absolute Gasteiger partial charge is 0.278 e. The van der Waals surface area contributed by atoms with Crippen LogP contribution in [0.2, 0.25) is 0 Å². The summed E-state index contributed by atoms with van der Waals surface area (Å²) in [5.41, 5.74) is 2.84. The average Bonchev–Trinajstić information content (AvgIpc) is 2.80. The third kappa shape index (κ3) is 2.16. The van der Waals surface area contributed by atoms with Crippen molar-refractivity contribution in [3.63, 3.8) is 0 Å². The van der Waals surface area contributed by atoms with E-state index < -0.39 is 0 Å². The van der Waals surface area contributed by atoms with Crippen LogP contribution in [-0.2, 0) is 6.42 Å². The number of aromatic nitrogens is 3. The van der Waals surface area contributed by atoms with Crippen molar-refractivity contribution in [2.24, 2.45) is 0 Å². The molecule has 0 bridgehead atoms. The smallest absolute Gasteiger partial charge is 0.164 e. The molecule has 0 aliphatic rings. The Morgan fingerprint density at radius 3 is 2.95 bits per heavy atom. The van der Waals surface area contributed by atoms with Gasteiger partial charge >= 0.3 is 0 Å². The van der Waals surface area contributed by atoms with Crippen LogP contribution in [0.5, 0.6) is 0 Å². The van der Waals surface area contributed by atoms with E-state index in [9.17, 15) is 4.39 Å². The molecule has 2 heterocycles. The summed E-state index contributed by atoms with van der Waals surface area (Å²) >= 11 is 5.83. The van der Waals surface area contributed by atoms with E-state index >= 15 is 0 Å². The van der Waals surface area contributed by atoms with Gasteiger partial charge in [-0.2, -0.15) is 0 Å². The molecule has 0 fully saturated rings. The van der Waals surface area contributed by atoms with Gasteiger partial charge in [0.2, 0.25) is 0 Å².